The maximum absolute atomic E-state index is 5.48. The fourth-order valence-electron chi connectivity index (χ4n) is 1.04. The second-order valence-electron chi connectivity index (χ2n) is 2.65. The van der Waals surface area contributed by atoms with Crippen LogP contribution in [0, 0.1) is 6.92 Å². The molecule has 2 aromatic heterocycles. The third-order valence-electron chi connectivity index (χ3n) is 1.61. The highest BCUT2D eigenvalue weighted by atomic mass is 15.3. The van der Waals surface area contributed by atoms with E-state index in [9.17, 15) is 0 Å². The van der Waals surface area contributed by atoms with Crippen LogP contribution in [0.15, 0.2) is 24.5 Å². The molecule has 0 aliphatic rings. The lowest BCUT2D eigenvalue weighted by Crippen LogP contribution is -2.01. The number of nitrogens with zero attached hydrogens (tertiary/aromatic N) is 4. The number of hydrogen-bond acceptors (Lipinski definition) is 4. The molecule has 0 bridgehead atoms. The van der Waals surface area contributed by atoms with Crippen molar-refractivity contribution in [2.45, 2.75) is 6.92 Å². The largest absolute Gasteiger partial charge is 0.382 e. The molecule has 0 amide bonds. The van der Waals surface area contributed by atoms with Gasteiger partial charge in [-0.25, -0.2) is 14.6 Å². The summed E-state index contributed by atoms with van der Waals surface area (Å²) in [6.45, 7) is 1.83. The molecule has 0 aromatic carbocycles. The minimum Gasteiger partial charge on any atom is -0.382 e. The smallest absolute Gasteiger partial charge is 0.157 e. The minimum atomic E-state index is 0.483. The second kappa shape index (κ2) is 2.85. The van der Waals surface area contributed by atoms with Gasteiger partial charge >= 0.3 is 0 Å². The average Bonchev–Trinajstić information content (AvgIpc) is 2.52. The molecule has 0 aliphatic carbocycles. The molecule has 66 valence electrons. The zero-order valence-corrected chi connectivity index (χ0v) is 7.18. The number of nitrogen functional groups attached to an aromatic ring is 1. The molecule has 5 nitrogen and oxygen atoms in total. The molecular formula is C8H9N5. The molecule has 0 aliphatic heterocycles. The highest BCUT2D eigenvalue weighted by molar-refractivity contribution is 5.29. The van der Waals surface area contributed by atoms with Gasteiger partial charge in [-0.1, -0.05) is 0 Å². The molecule has 0 saturated carbocycles. The van der Waals surface area contributed by atoms with Crippen molar-refractivity contribution >= 4 is 5.82 Å². The summed E-state index contributed by atoms with van der Waals surface area (Å²) >= 11 is 0. The Bertz CT molecular complexity index is 420. The van der Waals surface area contributed by atoms with Crippen LogP contribution < -0.4 is 5.73 Å². The fourth-order valence-corrected chi connectivity index (χ4v) is 1.04. The Morgan fingerprint density at radius 2 is 2.23 bits per heavy atom. The van der Waals surface area contributed by atoms with Gasteiger partial charge in [0.2, 0.25) is 0 Å². The summed E-state index contributed by atoms with van der Waals surface area (Å²) in [7, 11) is 0. The average molecular weight is 175 g/mol. The van der Waals surface area contributed by atoms with Crippen LogP contribution in [-0.4, -0.2) is 19.7 Å². The van der Waals surface area contributed by atoms with Crippen LogP contribution >= 0.6 is 0 Å². The van der Waals surface area contributed by atoms with E-state index in [2.05, 4.69) is 15.1 Å². The number of aryl methyl sites for hydroxylation is 1. The highest BCUT2D eigenvalue weighted by Crippen LogP contribution is 2.04. The van der Waals surface area contributed by atoms with Gasteiger partial charge < -0.3 is 5.73 Å². The van der Waals surface area contributed by atoms with Crippen molar-refractivity contribution in [3.8, 4) is 5.82 Å². The summed E-state index contributed by atoms with van der Waals surface area (Å²) < 4.78 is 1.62. The van der Waals surface area contributed by atoms with E-state index in [4.69, 9.17) is 5.73 Å². The molecule has 0 radical (unpaired) electrons. The van der Waals surface area contributed by atoms with Crippen molar-refractivity contribution in [1.82, 2.24) is 19.7 Å². The molecule has 0 spiro atoms. The monoisotopic (exact) mass is 175 g/mol. The van der Waals surface area contributed by atoms with Gasteiger partial charge in [-0.2, -0.15) is 0 Å². The van der Waals surface area contributed by atoms with Gasteiger partial charge in [-0.15, -0.1) is 5.10 Å². The normalized spacial score (nSPS) is 10.2. The summed E-state index contributed by atoms with van der Waals surface area (Å²) in [6, 6.07) is 3.50. The van der Waals surface area contributed by atoms with Gasteiger partial charge in [0.05, 0.1) is 0 Å². The second-order valence-corrected chi connectivity index (χ2v) is 2.65. The lowest BCUT2D eigenvalue weighted by molar-refractivity contribution is 0.832. The number of aromatic nitrogens is 4. The Morgan fingerprint density at radius 1 is 1.38 bits per heavy atom. The Labute approximate surface area is 75.2 Å². The van der Waals surface area contributed by atoms with Crippen LogP contribution in [0.3, 0.4) is 0 Å². The van der Waals surface area contributed by atoms with Crippen molar-refractivity contribution in [2.24, 2.45) is 0 Å². The summed E-state index contributed by atoms with van der Waals surface area (Å²) in [5, 5.41) is 4.03. The molecule has 5 heteroatoms. The zero-order chi connectivity index (χ0) is 9.26. The first-order valence-corrected chi connectivity index (χ1v) is 3.87. The maximum Gasteiger partial charge on any atom is 0.157 e. The number of anilines is 1. The summed E-state index contributed by atoms with van der Waals surface area (Å²) in [6.07, 6.45) is 3.45. The molecule has 2 aromatic rings. The molecule has 2 N–H and O–H groups in total. The quantitative estimate of drug-likeness (QED) is 0.687. The van der Waals surface area contributed by atoms with Gasteiger partial charge in [0, 0.05) is 24.5 Å². The molecule has 0 saturated heterocycles. The predicted molar refractivity (Wildman–Crippen MR) is 48.3 cm³/mol. The third-order valence-corrected chi connectivity index (χ3v) is 1.61. The zero-order valence-electron chi connectivity index (χ0n) is 7.18. The Balaban J connectivity index is 2.46. The van der Waals surface area contributed by atoms with Gasteiger partial charge in [-0.3, -0.25) is 0 Å². The highest BCUT2D eigenvalue weighted by Gasteiger charge is 1.99. The topological polar surface area (TPSA) is 69.6 Å². The van der Waals surface area contributed by atoms with Crippen LogP contribution in [-0.2, 0) is 0 Å². The van der Waals surface area contributed by atoms with Gasteiger partial charge in [0.1, 0.15) is 11.6 Å². The number of nitrogens with two attached hydrogens (primary N) is 1. The first-order chi connectivity index (χ1) is 6.25. The van der Waals surface area contributed by atoms with E-state index >= 15 is 0 Å². The van der Waals surface area contributed by atoms with E-state index in [0.717, 1.165) is 5.82 Å². The standard InChI is InChI=1S/C8H9N5/c1-6-10-4-2-8(11-6)13-5-3-7(9)12-13/h2-5H,1H3,(H2,9,12). The van der Waals surface area contributed by atoms with Gasteiger partial charge in [0.15, 0.2) is 5.82 Å². The molecule has 2 rings (SSSR count). The first kappa shape index (κ1) is 7.72. The Kier molecular flexibility index (Phi) is 1.70. The molecule has 2 heterocycles. The molecule has 13 heavy (non-hydrogen) atoms. The van der Waals surface area contributed by atoms with E-state index in [1.54, 1.807) is 29.2 Å². The molecule has 0 atom stereocenters. The van der Waals surface area contributed by atoms with Crippen LogP contribution in [0.25, 0.3) is 5.82 Å². The third kappa shape index (κ3) is 1.48. The minimum absolute atomic E-state index is 0.483. The van der Waals surface area contributed by atoms with E-state index < -0.39 is 0 Å². The van der Waals surface area contributed by atoms with Crippen molar-refractivity contribution in [3.05, 3.63) is 30.4 Å². The lowest BCUT2D eigenvalue weighted by atomic mass is 10.5. The van der Waals surface area contributed by atoms with E-state index in [1.807, 2.05) is 6.92 Å². The lowest BCUT2D eigenvalue weighted by Gasteiger charge is -1.99. The predicted octanol–water partition coefficient (Wildman–Crippen LogP) is 0.553. The van der Waals surface area contributed by atoms with E-state index in [0.29, 0.717) is 11.6 Å². The van der Waals surface area contributed by atoms with Crippen molar-refractivity contribution in [1.29, 1.82) is 0 Å². The fraction of sp³-hybridized carbons (Fsp3) is 0.125. The van der Waals surface area contributed by atoms with Crippen LogP contribution in [0.4, 0.5) is 5.82 Å². The van der Waals surface area contributed by atoms with Crippen LogP contribution in [0.5, 0.6) is 0 Å². The number of hydrogen-bond donors (Lipinski definition) is 1. The van der Waals surface area contributed by atoms with E-state index in [1.165, 1.54) is 0 Å². The summed E-state index contributed by atoms with van der Waals surface area (Å²) in [4.78, 5) is 8.18. The summed E-state index contributed by atoms with van der Waals surface area (Å²) in [5.41, 5.74) is 5.48. The maximum atomic E-state index is 5.48. The SMILES string of the molecule is Cc1nccc(-n2ccc(N)n2)n1. The van der Waals surface area contributed by atoms with Crippen molar-refractivity contribution in [3.63, 3.8) is 0 Å². The molecule has 0 fully saturated rings. The van der Waals surface area contributed by atoms with Crippen LogP contribution in [0.1, 0.15) is 5.82 Å². The van der Waals surface area contributed by atoms with Gasteiger partial charge in [0.25, 0.3) is 0 Å². The molecular weight excluding hydrogens is 166 g/mol. The van der Waals surface area contributed by atoms with Gasteiger partial charge in [-0.05, 0) is 6.92 Å². The number of rotatable bonds is 1. The van der Waals surface area contributed by atoms with Crippen molar-refractivity contribution < 1.29 is 0 Å². The first-order valence-electron chi connectivity index (χ1n) is 3.87. The van der Waals surface area contributed by atoms with E-state index in [-0.39, 0.29) is 0 Å². The molecule has 0 unspecified atom stereocenters. The summed E-state index contributed by atoms with van der Waals surface area (Å²) in [5.74, 6) is 1.92. The van der Waals surface area contributed by atoms with Crippen LogP contribution in [0.2, 0.25) is 0 Å². The van der Waals surface area contributed by atoms with Crippen molar-refractivity contribution in [2.75, 3.05) is 5.73 Å². The Hall–Kier alpha value is -1.91. The Morgan fingerprint density at radius 3 is 2.85 bits per heavy atom.